The predicted octanol–water partition coefficient (Wildman–Crippen LogP) is 3.15. The monoisotopic (exact) mass is 373 g/mol. The van der Waals surface area contributed by atoms with E-state index in [4.69, 9.17) is 14.5 Å². The summed E-state index contributed by atoms with van der Waals surface area (Å²) in [7, 11) is 3.26. The van der Waals surface area contributed by atoms with Gasteiger partial charge in [-0.1, -0.05) is 0 Å². The molecule has 0 fully saturated rings. The Morgan fingerprint density at radius 2 is 1.86 bits per heavy atom. The summed E-state index contributed by atoms with van der Waals surface area (Å²) in [6, 6.07) is 7.98. The minimum atomic E-state index is 0.659. The van der Waals surface area contributed by atoms with Crippen LogP contribution in [0.25, 0.3) is 21.8 Å². The van der Waals surface area contributed by atoms with E-state index in [-0.39, 0.29) is 0 Å². The van der Waals surface area contributed by atoms with Gasteiger partial charge >= 0.3 is 0 Å². The zero-order valence-corrected chi connectivity index (χ0v) is 15.7. The van der Waals surface area contributed by atoms with Crippen molar-refractivity contribution >= 4 is 27.6 Å². The third-order valence-electron chi connectivity index (χ3n) is 5.18. The van der Waals surface area contributed by atoms with Crippen molar-refractivity contribution in [1.82, 2.24) is 19.9 Å². The molecule has 3 aromatic heterocycles. The van der Waals surface area contributed by atoms with E-state index in [2.05, 4.69) is 25.9 Å². The highest BCUT2D eigenvalue weighted by atomic mass is 16.5. The van der Waals surface area contributed by atoms with Crippen LogP contribution in [0.4, 0.5) is 5.82 Å². The van der Waals surface area contributed by atoms with Crippen LogP contribution in [0.1, 0.15) is 11.3 Å². The quantitative estimate of drug-likeness (QED) is 0.546. The summed E-state index contributed by atoms with van der Waals surface area (Å²) in [6.07, 6.45) is 6.11. The fourth-order valence-corrected chi connectivity index (χ4v) is 3.78. The highest BCUT2D eigenvalue weighted by Crippen LogP contribution is 2.36. The number of methoxy groups -OCH3 is 2. The Kier molecular flexibility index (Phi) is 3.93. The van der Waals surface area contributed by atoms with Crippen molar-refractivity contribution in [2.75, 3.05) is 25.7 Å². The first-order valence-corrected chi connectivity index (χ1v) is 9.11. The number of hydrogen-bond acceptors (Lipinski definition) is 7. The van der Waals surface area contributed by atoms with Crippen LogP contribution in [0.5, 0.6) is 11.5 Å². The topological polar surface area (TPSA) is 73.3 Å². The molecule has 1 aliphatic rings. The number of fused-ring (bicyclic) bond motifs is 3. The number of pyridine rings is 2. The lowest BCUT2D eigenvalue weighted by molar-refractivity contribution is 0.356. The summed E-state index contributed by atoms with van der Waals surface area (Å²) in [5.41, 5.74) is 4.17. The molecule has 0 saturated carbocycles. The second kappa shape index (κ2) is 6.60. The standard InChI is InChI=1S/C21H19N5O2/c1-27-19-8-15-18(9-20(19)28-2)23-12-24-21(15)26-6-4-17-14(11-26)7-13-10-22-5-3-16(13)25-17/h3,5,7-10,12H,4,6,11H2,1-2H3. The van der Waals surface area contributed by atoms with Crippen LogP contribution in [0.2, 0.25) is 0 Å². The fraction of sp³-hybridized carbons (Fsp3) is 0.238. The molecule has 5 rings (SSSR count). The van der Waals surface area contributed by atoms with E-state index in [1.54, 1.807) is 26.7 Å². The molecule has 0 radical (unpaired) electrons. The van der Waals surface area contributed by atoms with Gasteiger partial charge in [0.1, 0.15) is 12.1 Å². The van der Waals surface area contributed by atoms with Gasteiger partial charge in [0.25, 0.3) is 0 Å². The molecule has 0 spiro atoms. The number of nitrogens with zero attached hydrogens (tertiary/aromatic N) is 5. The first-order chi connectivity index (χ1) is 13.8. The molecule has 7 nitrogen and oxygen atoms in total. The highest BCUT2D eigenvalue weighted by Gasteiger charge is 2.22. The Hall–Kier alpha value is -3.48. The molecule has 0 saturated heterocycles. The maximum absolute atomic E-state index is 5.48. The molecule has 4 aromatic rings. The normalized spacial score (nSPS) is 13.6. The predicted molar refractivity (Wildman–Crippen MR) is 107 cm³/mol. The van der Waals surface area contributed by atoms with Crippen molar-refractivity contribution in [3.05, 3.63) is 54.2 Å². The van der Waals surface area contributed by atoms with Crippen LogP contribution in [0.15, 0.2) is 43.0 Å². The molecule has 7 heteroatoms. The van der Waals surface area contributed by atoms with Crippen LogP contribution < -0.4 is 14.4 Å². The second-order valence-electron chi connectivity index (χ2n) is 6.76. The van der Waals surface area contributed by atoms with Gasteiger partial charge < -0.3 is 14.4 Å². The molecule has 0 amide bonds. The van der Waals surface area contributed by atoms with Gasteiger partial charge in [0.2, 0.25) is 0 Å². The number of ether oxygens (including phenoxy) is 2. The Morgan fingerprint density at radius 1 is 1.00 bits per heavy atom. The van der Waals surface area contributed by atoms with Crippen molar-refractivity contribution in [1.29, 1.82) is 0 Å². The first kappa shape index (κ1) is 16.7. The van der Waals surface area contributed by atoms with Crippen LogP contribution in [-0.2, 0) is 13.0 Å². The maximum Gasteiger partial charge on any atom is 0.162 e. The van der Waals surface area contributed by atoms with Gasteiger partial charge in [-0.25, -0.2) is 9.97 Å². The number of anilines is 1. The Bertz CT molecular complexity index is 1190. The molecule has 1 aromatic carbocycles. The summed E-state index contributed by atoms with van der Waals surface area (Å²) in [4.78, 5) is 20.3. The van der Waals surface area contributed by atoms with Crippen molar-refractivity contribution in [3.8, 4) is 11.5 Å². The number of benzene rings is 1. The number of rotatable bonds is 3. The Morgan fingerprint density at radius 3 is 2.71 bits per heavy atom. The van der Waals surface area contributed by atoms with E-state index in [1.807, 2.05) is 24.4 Å². The van der Waals surface area contributed by atoms with Gasteiger partial charge in [0.15, 0.2) is 11.5 Å². The SMILES string of the molecule is COc1cc2ncnc(N3CCc4nc5ccncc5cc4C3)c2cc1OC. The molecule has 0 aliphatic carbocycles. The lowest BCUT2D eigenvalue weighted by atomic mass is 10.0. The molecule has 28 heavy (non-hydrogen) atoms. The molecule has 4 heterocycles. The lowest BCUT2D eigenvalue weighted by Crippen LogP contribution is -2.31. The number of aromatic nitrogens is 4. The van der Waals surface area contributed by atoms with E-state index in [9.17, 15) is 0 Å². The average molecular weight is 373 g/mol. The maximum atomic E-state index is 5.48. The van der Waals surface area contributed by atoms with Gasteiger partial charge in [-0.3, -0.25) is 9.97 Å². The van der Waals surface area contributed by atoms with E-state index in [0.717, 1.165) is 52.8 Å². The van der Waals surface area contributed by atoms with Crippen molar-refractivity contribution in [3.63, 3.8) is 0 Å². The largest absolute Gasteiger partial charge is 0.493 e. The van der Waals surface area contributed by atoms with Crippen molar-refractivity contribution < 1.29 is 9.47 Å². The molecule has 0 atom stereocenters. The van der Waals surface area contributed by atoms with Crippen molar-refractivity contribution in [2.45, 2.75) is 13.0 Å². The number of hydrogen-bond donors (Lipinski definition) is 0. The van der Waals surface area contributed by atoms with E-state index in [1.165, 1.54) is 5.56 Å². The summed E-state index contributed by atoms with van der Waals surface area (Å²) in [5.74, 6) is 2.22. The van der Waals surface area contributed by atoms with Gasteiger partial charge in [-0.15, -0.1) is 0 Å². The van der Waals surface area contributed by atoms with Gasteiger partial charge in [-0.2, -0.15) is 0 Å². The van der Waals surface area contributed by atoms with E-state index < -0.39 is 0 Å². The molecular weight excluding hydrogens is 354 g/mol. The van der Waals surface area contributed by atoms with E-state index >= 15 is 0 Å². The third-order valence-corrected chi connectivity index (χ3v) is 5.18. The fourth-order valence-electron chi connectivity index (χ4n) is 3.78. The summed E-state index contributed by atoms with van der Waals surface area (Å²) in [6.45, 7) is 1.59. The zero-order valence-electron chi connectivity index (χ0n) is 15.7. The Labute approximate surface area is 162 Å². The lowest BCUT2D eigenvalue weighted by Gasteiger charge is -2.30. The molecule has 0 unspecified atom stereocenters. The van der Waals surface area contributed by atoms with Gasteiger partial charge in [0.05, 0.1) is 25.3 Å². The van der Waals surface area contributed by atoms with Crippen LogP contribution in [0, 0.1) is 0 Å². The minimum absolute atomic E-state index is 0.659. The molecular formula is C21H19N5O2. The zero-order chi connectivity index (χ0) is 19.1. The average Bonchev–Trinajstić information content (AvgIpc) is 2.75. The van der Waals surface area contributed by atoms with Crippen LogP contribution >= 0.6 is 0 Å². The molecule has 0 bridgehead atoms. The van der Waals surface area contributed by atoms with Crippen molar-refractivity contribution in [2.24, 2.45) is 0 Å². The van der Waals surface area contributed by atoms with Gasteiger partial charge in [-0.05, 0) is 23.8 Å². The highest BCUT2D eigenvalue weighted by molar-refractivity contribution is 5.92. The second-order valence-corrected chi connectivity index (χ2v) is 6.76. The van der Waals surface area contributed by atoms with Gasteiger partial charge in [0, 0.05) is 54.4 Å². The summed E-state index contributed by atoms with van der Waals surface area (Å²) < 4.78 is 10.9. The summed E-state index contributed by atoms with van der Waals surface area (Å²) >= 11 is 0. The molecule has 0 N–H and O–H groups in total. The minimum Gasteiger partial charge on any atom is -0.493 e. The first-order valence-electron chi connectivity index (χ1n) is 9.11. The van der Waals surface area contributed by atoms with Crippen LogP contribution in [-0.4, -0.2) is 40.7 Å². The third kappa shape index (κ3) is 2.67. The van der Waals surface area contributed by atoms with E-state index in [0.29, 0.717) is 11.5 Å². The van der Waals surface area contributed by atoms with Crippen LogP contribution in [0.3, 0.4) is 0 Å². The smallest absolute Gasteiger partial charge is 0.162 e. The Balaban J connectivity index is 1.58. The summed E-state index contributed by atoms with van der Waals surface area (Å²) in [5, 5.41) is 2.00. The molecule has 1 aliphatic heterocycles. The molecule has 140 valence electrons.